The second-order valence-corrected chi connectivity index (χ2v) is 7.72. The van der Waals surface area contributed by atoms with Crippen molar-refractivity contribution in [1.29, 1.82) is 0 Å². The highest BCUT2D eigenvalue weighted by atomic mass is 16.2. The molecule has 9 heteroatoms. The molecule has 1 atom stereocenters. The maximum atomic E-state index is 12.9. The highest BCUT2D eigenvalue weighted by Gasteiger charge is 2.39. The van der Waals surface area contributed by atoms with E-state index in [2.05, 4.69) is 21.0 Å². The van der Waals surface area contributed by atoms with Crippen molar-refractivity contribution in [2.24, 2.45) is 0 Å². The third-order valence-electron chi connectivity index (χ3n) is 5.90. The second-order valence-electron chi connectivity index (χ2n) is 7.72. The molecule has 1 aromatic heterocycles. The number of hydrogen-bond donors (Lipinski definition) is 3. The first kappa shape index (κ1) is 17.9. The highest BCUT2D eigenvalue weighted by Crippen LogP contribution is 2.30. The molecule has 0 radical (unpaired) electrons. The molecule has 0 bridgehead atoms. The number of imide groups is 1. The molecule has 3 N–H and O–H groups in total. The van der Waals surface area contributed by atoms with Gasteiger partial charge >= 0.3 is 0 Å². The summed E-state index contributed by atoms with van der Waals surface area (Å²) in [7, 11) is 0. The van der Waals surface area contributed by atoms with Crippen LogP contribution in [0.1, 0.15) is 40.4 Å². The Kier molecular flexibility index (Phi) is 4.31. The molecule has 3 aliphatic heterocycles. The van der Waals surface area contributed by atoms with Crippen molar-refractivity contribution >= 4 is 23.4 Å². The third kappa shape index (κ3) is 3.17. The Morgan fingerprint density at radius 2 is 2.07 bits per heavy atom. The van der Waals surface area contributed by atoms with Gasteiger partial charge in [0.05, 0.1) is 17.9 Å². The van der Waals surface area contributed by atoms with Gasteiger partial charge < -0.3 is 15.5 Å². The summed E-state index contributed by atoms with van der Waals surface area (Å²) >= 11 is 0. The molecule has 2 aromatic rings. The lowest BCUT2D eigenvalue weighted by Crippen LogP contribution is -2.52. The topological polar surface area (TPSA) is 108 Å². The zero-order valence-corrected chi connectivity index (χ0v) is 15.9. The van der Waals surface area contributed by atoms with Crippen LogP contribution >= 0.6 is 0 Å². The summed E-state index contributed by atoms with van der Waals surface area (Å²) < 4.78 is 1.96. The van der Waals surface area contributed by atoms with E-state index in [4.69, 9.17) is 0 Å². The number of hydrogen-bond acceptors (Lipinski definition) is 6. The van der Waals surface area contributed by atoms with Gasteiger partial charge in [-0.15, -0.1) is 0 Å². The van der Waals surface area contributed by atoms with Crippen molar-refractivity contribution in [3.05, 3.63) is 47.3 Å². The van der Waals surface area contributed by atoms with E-state index in [1.807, 2.05) is 29.2 Å². The molecule has 150 valence electrons. The predicted octanol–water partition coefficient (Wildman–Crippen LogP) is 0.401. The molecule has 9 nitrogen and oxygen atoms in total. The van der Waals surface area contributed by atoms with Crippen molar-refractivity contribution in [2.45, 2.75) is 38.0 Å². The fourth-order valence-corrected chi connectivity index (χ4v) is 4.10. The minimum Gasteiger partial charge on any atom is -0.378 e. The van der Waals surface area contributed by atoms with Crippen molar-refractivity contribution in [3.63, 3.8) is 0 Å². The summed E-state index contributed by atoms with van der Waals surface area (Å²) in [6.07, 6.45) is 4.43. The number of fused-ring (bicyclic) bond motifs is 1. The van der Waals surface area contributed by atoms with Crippen LogP contribution in [0.3, 0.4) is 0 Å². The zero-order valence-electron chi connectivity index (χ0n) is 15.9. The number of carbonyl (C=O) groups excluding carboxylic acids is 3. The summed E-state index contributed by atoms with van der Waals surface area (Å²) in [5, 5.41) is 13.4. The van der Waals surface area contributed by atoms with Gasteiger partial charge in [-0.1, -0.05) is 12.1 Å². The maximum absolute atomic E-state index is 12.9. The number of nitrogens with zero attached hydrogens (tertiary/aromatic N) is 3. The normalized spacial score (nSPS) is 21.7. The predicted molar refractivity (Wildman–Crippen MR) is 104 cm³/mol. The number of piperidine rings is 1. The first-order valence-electron chi connectivity index (χ1n) is 9.84. The molecule has 4 heterocycles. The van der Waals surface area contributed by atoms with Crippen LogP contribution in [0.2, 0.25) is 0 Å². The summed E-state index contributed by atoms with van der Waals surface area (Å²) in [5.41, 5.74) is 3.51. The molecular weight excluding hydrogens is 372 g/mol. The zero-order chi connectivity index (χ0) is 20.0. The standard InChI is InChI=1S/C20H22N6O3/c27-18-5-4-17(19(28)24-18)25-11-16-12(2-1-3-15(16)20(25)29)6-22-13-7-23-26(10-13)14-8-21-9-14/h1-3,7,10,14,17,21-22H,4-6,8-9,11H2,(H,24,27,28). The molecule has 3 aliphatic rings. The molecule has 0 spiro atoms. The average molecular weight is 394 g/mol. The molecule has 1 aromatic carbocycles. The quantitative estimate of drug-likeness (QED) is 0.634. The first-order chi connectivity index (χ1) is 14.1. The number of benzene rings is 1. The van der Waals surface area contributed by atoms with Gasteiger partial charge in [-0.2, -0.15) is 5.10 Å². The van der Waals surface area contributed by atoms with Crippen molar-refractivity contribution in [2.75, 3.05) is 18.4 Å². The summed E-state index contributed by atoms with van der Waals surface area (Å²) in [6, 6.07) is 5.47. The van der Waals surface area contributed by atoms with Gasteiger partial charge in [0.15, 0.2) is 0 Å². The van der Waals surface area contributed by atoms with Crippen LogP contribution in [0.4, 0.5) is 5.69 Å². The Morgan fingerprint density at radius 3 is 2.83 bits per heavy atom. The molecular formula is C20H22N6O3. The first-order valence-corrected chi connectivity index (χ1v) is 9.84. The van der Waals surface area contributed by atoms with Crippen molar-refractivity contribution in [1.82, 2.24) is 25.3 Å². The van der Waals surface area contributed by atoms with Gasteiger partial charge in [0.1, 0.15) is 6.04 Å². The van der Waals surface area contributed by atoms with Crippen molar-refractivity contribution in [3.8, 4) is 0 Å². The van der Waals surface area contributed by atoms with Crippen molar-refractivity contribution < 1.29 is 14.4 Å². The van der Waals surface area contributed by atoms with Crippen LogP contribution in [0.25, 0.3) is 0 Å². The minimum absolute atomic E-state index is 0.151. The Hall–Kier alpha value is -3.20. The number of nitrogens with one attached hydrogen (secondary N) is 3. The van der Waals surface area contributed by atoms with Gasteiger partial charge in [-0.05, 0) is 23.6 Å². The molecule has 1 unspecified atom stereocenters. The summed E-state index contributed by atoms with van der Waals surface area (Å²) in [5.74, 6) is -0.819. The lowest BCUT2D eigenvalue weighted by Gasteiger charge is -2.29. The molecule has 5 rings (SSSR count). The van der Waals surface area contributed by atoms with Crippen LogP contribution in [0, 0.1) is 0 Å². The van der Waals surface area contributed by atoms with E-state index >= 15 is 0 Å². The van der Waals surface area contributed by atoms with Crippen LogP contribution < -0.4 is 16.0 Å². The monoisotopic (exact) mass is 394 g/mol. The number of carbonyl (C=O) groups is 3. The molecule has 0 saturated carbocycles. The SMILES string of the molecule is O=C1CCC(N2Cc3c(CNc4cnn(C5CNC5)c4)cccc3C2=O)C(=O)N1. The van der Waals surface area contributed by atoms with E-state index in [0.717, 1.165) is 29.9 Å². The molecule has 29 heavy (non-hydrogen) atoms. The maximum Gasteiger partial charge on any atom is 0.255 e. The smallest absolute Gasteiger partial charge is 0.255 e. The molecule has 2 fully saturated rings. The molecule has 2 saturated heterocycles. The number of amides is 3. The Bertz CT molecular complexity index is 996. The van der Waals surface area contributed by atoms with Gasteiger partial charge in [-0.3, -0.25) is 24.4 Å². The van der Waals surface area contributed by atoms with Crippen LogP contribution in [0.5, 0.6) is 0 Å². The average Bonchev–Trinajstić information content (AvgIpc) is 3.24. The Balaban J connectivity index is 1.31. The van der Waals surface area contributed by atoms with E-state index in [0.29, 0.717) is 31.1 Å². The third-order valence-corrected chi connectivity index (χ3v) is 5.90. The lowest BCUT2D eigenvalue weighted by atomic mass is 10.0. The van der Waals surface area contributed by atoms with Gasteiger partial charge in [0.25, 0.3) is 5.91 Å². The lowest BCUT2D eigenvalue weighted by molar-refractivity contribution is -0.136. The molecule has 0 aliphatic carbocycles. The fourth-order valence-electron chi connectivity index (χ4n) is 4.10. The highest BCUT2D eigenvalue weighted by molar-refractivity contribution is 6.05. The number of aromatic nitrogens is 2. The van der Waals surface area contributed by atoms with Crippen LogP contribution in [-0.2, 0) is 22.7 Å². The molecule has 3 amide bonds. The van der Waals surface area contributed by atoms with E-state index in [9.17, 15) is 14.4 Å². The van der Waals surface area contributed by atoms with E-state index in [1.54, 1.807) is 11.0 Å². The van der Waals surface area contributed by atoms with E-state index in [-0.39, 0.29) is 24.1 Å². The number of anilines is 1. The van der Waals surface area contributed by atoms with Gasteiger partial charge in [0.2, 0.25) is 11.8 Å². The second kappa shape index (κ2) is 7.00. The van der Waals surface area contributed by atoms with E-state index in [1.165, 1.54) is 0 Å². The van der Waals surface area contributed by atoms with Gasteiger partial charge in [0, 0.05) is 44.4 Å². The summed E-state index contributed by atoms with van der Waals surface area (Å²) in [4.78, 5) is 38.1. The Morgan fingerprint density at radius 1 is 1.21 bits per heavy atom. The summed E-state index contributed by atoms with van der Waals surface area (Å²) in [6.45, 7) is 2.82. The minimum atomic E-state index is -0.595. The largest absolute Gasteiger partial charge is 0.378 e. The number of rotatable bonds is 5. The van der Waals surface area contributed by atoms with Gasteiger partial charge in [-0.25, -0.2) is 0 Å². The van der Waals surface area contributed by atoms with Crippen LogP contribution in [-0.4, -0.2) is 51.5 Å². The Labute approximate surface area is 167 Å². The van der Waals surface area contributed by atoms with Crippen LogP contribution in [0.15, 0.2) is 30.6 Å². The van der Waals surface area contributed by atoms with E-state index < -0.39 is 6.04 Å². The fraction of sp³-hybridized carbons (Fsp3) is 0.400.